The van der Waals surface area contributed by atoms with Crippen LogP contribution in [-0.2, 0) is 9.84 Å². The van der Waals surface area contributed by atoms with E-state index in [0.717, 1.165) is 4.47 Å². The summed E-state index contributed by atoms with van der Waals surface area (Å²) in [5.41, 5.74) is 0.556. The molecule has 0 unspecified atom stereocenters. The van der Waals surface area contributed by atoms with Crippen molar-refractivity contribution in [1.82, 2.24) is 4.98 Å². The molecule has 3 nitrogen and oxygen atoms in total. The first-order chi connectivity index (χ1) is 9.98. The zero-order valence-electron chi connectivity index (χ0n) is 10.6. The maximum absolute atomic E-state index is 12.8. The number of nitrogens with zero attached hydrogens (tertiary/aromatic N) is 1. The predicted molar refractivity (Wildman–Crippen MR) is 86.3 cm³/mol. The zero-order valence-corrected chi connectivity index (χ0v) is 13.8. The molecule has 1 aromatic heterocycles. The van der Waals surface area contributed by atoms with Crippen molar-refractivity contribution in [3.8, 4) is 0 Å². The van der Waals surface area contributed by atoms with Gasteiger partial charge in [0, 0.05) is 21.1 Å². The van der Waals surface area contributed by atoms with Crippen LogP contribution in [0.5, 0.6) is 0 Å². The Morgan fingerprint density at radius 3 is 2.43 bits per heavy atom. The number of rotatable bonds is 2. The van der Waals surface area contributed by atoms with Crippen LogP contribution < -0.4 is 0 Å². The number of halogens is 2. The van der Waals surface area contributed by atoms with E-state index < -0.39 is 9.84 Å². The summed E-state index contributed by atoms with van der Waals surface area (Å²) < 4.78 is 26.4. The Balaban J connectivity index is 2.26. The van der Waals surface area contributed by atoms with Crippen molar-refractivity contribution in [1.29, 1.82) is 0 Å². The van der Waals surface area contributed by atoms with E-state index in [9.17, 15) is 8.42 Å². The molecule has 0 atom stereocenters. The van der Waals surface area contributed by atoms with Gasteiger partial charge in [-0.3, -0.25) is 4.98 Å². The lowest BCUT2D eigenvalue weighted by Crippen LogP contribution is -2.03. The molecule has 6 heteroatoms. The van der Waals surface area contributed by atoms with Crippen LogP contribution in [0.3, 0.4) is 0 Å². The van der Waals surface area contributed by atoms with E-state index in [4.69, 9.17) is 11.6 Å². The molecule has 0 saturated carbocycles. The monoisotopic (exact) mass is 381 g/mol. The molecule has 1 heterocycles. The van der Waals surface area contributed by atoms with Crippen LogP contribution in [0.1, 0.15) is 0 Å². The molecule has 2 aromatic carbocycles. The van der Waals surface area contributed by atoms with Gasteiger partial charge in [-0.1, -0.05) is 33.6 Å². The fourth-order valence-corrected chi connectivity index (χ4v) is 3.95. The number of sulfone groups is 1. The average molecular weight is 383 g/mol. The Labute approximate surface area is 135 Å². The largest absolute Gasteiger partial charge is 0.256 e. The zero-order chi connectivity index (χ0) is 15.0. The van der Waals surface area contributed by atoms with Crippen LogP contribution in [0.15, 0.2) is 69.0 Å². The average Bonchev–Trinajstić information content (AvgIpc) is 2.46. The van der Waals surface area contributed by atoms with Gasteiger partial charge in [0.15, 0.2) is 0 Å². The topological polar surface area (TPSA) is 47.0 Å². The fraction of sp³-hybridized carbons (Fsp3) is 0. The summed E-state index contributed by atoms with van der Waals surface area (Å²) in [6, 6.07) is 13.0. The number of pyridine rings is 1. The molecule has 0 bridgehead atoms. The van der Waals surface area contributed by atoms with E-state index in [1.165, 1.54) is 12.3 Å². The van der Waals surface area contributed by atoms with Crippen molar-refractivity contribution in [2.75, 3.05) is 0 Å². The van der Waals surface area contributed by atoms with Gasteiger partial charge in [-0.2, -0.15) is 0 Å². The first-order valence-corrected chi connectivity index (χ1v) is 8.69. The van der Waals surface area contributed by atoms with Gasteiger partial charge in [0.2, 0.25) is 9.84 Å². The Bertz CT molecular complexity index is 924. The second kappa shape index (κ2) is 5.40. The van der Waals surface area contributed by atoms with Crippen LogP contribution >= 0.6 is 27.5 Å². The molecule has 3 rings (SSSR count). The highest BCUT2D eigenvalue weighted by molar-refractivity contribution is 9.10. The van der Waals surface area contributed by atoms with Gasteiger partial charge in [-0.05, 0) is 42.5 Å². The molecule has 0 spiro atoms. The van der Waals surface area contributed by atoms with Gasteiger partial charge in [-0.25, -0.2) is 8.42 Å². The molecule has 21 heavy (non-hydrogen) atoms. The molecule has 0 aliphatic carbocycles. The molecule has 3 aromatic rings. The fourth-order valence-electron chi connectivity index (χ4n) is 2.07. The third-order valence-corrected chi connectivity index (χ3v) is 5.67. The van der Waals surface area contributed by atoms with E-state index in [-0.39, 0.29) is 9.79 Å². The summed E-state index contributed by atoms with van der Waals surface area (Å²) in [6.07, 6.45) is 1.48. The predicted octanol–water partition coefficient (Wildman–Crippen LogP) is 4.48. The van der Waals surface area contributed by atoms with Crippen LogP contribution in [0.25, 0.3) is 10.9 Å². The van der Waals surface area contributed by atoms with Gasteiger partial charge in [0.05, 0.1) is 15.3 Å². The Hall–Kier alpha value is -1.43. The van der Waals surface area contributed by atoms with E-state index in [1.807, 2.05) is 0 Å². The number of aromatic nitrogens is 1. The minimum absolute atomic E-state index is 0.228. The number of fused-ring (bicyclic) bond motifs is 1. The summed E-state index contributed by atoms with van der Waals surface area (Å²) in [6.45, 7) is 0. The minimum atomic E-state index is -3.60. The lowest BCUT2D eigenvalue weighted by Gasteiger charge is -2.08. The highest BCUT2D eigenvalue weighted by atomic mass is 79.9. The second-order valence-corrected chi connectivity index (χ2v) is 7.70. The molecule has 0 aliphatic heterocycles. The highest BCUT2D eigenvalue weighted by Gasteiger charge is 2.20. The van der Waals surface area contributed by atoms with Crippen molar-refractivity contribution in [3.63, 3.8) is 0 Å². The quantitative estimate of drug-likeness (QED) is 0.656. The Morgan fingerprint density at radius 1 is 1.00 bits per heavy atom. The minimum Gasteiger partial charge on any atom is -0.256 e. The Kier molecular flexibility index (Phi) is 3.73. The maximum Gasteiger partial charge on any atom is 0.207 e. The van der Waals surface area contributed by atoms with Crippen molar-refractivity contribution in [2.24, 2.45) is 0 Å². The number of benzene rings is 2. The first kappa shape index (κ1) is 14.5. The highest BCUT2D eigenvalue weighted by Crippen LogP contribution is 2.29. The van der Waals surface area contributed by atoms with Crippen molar-refractivity contribution in [3.05, 3.63) is 64.2 Å². The van der Waals surface area contributed by atoms with Crippen molar-refractivity contribution >= 4 is 48.3 Å². The maximum atomic E-state index is 12.8. The van der Waals surface area contributed by atoms with E-state index >= 15 is 0 Å². The third kappa shape index (κ3) is 2.69. The third-order valence-electron chi connectivity index (χ3n) is 3.08. The van der Waals surface area contributed by atoms with E-state index in [2.05, 4.69) is 20.9 Å². The van der Waals surface area contributed by atoms with Crippen LogP contribution in [0.2, 0.25) is 5.02 Å². The lowest BCUT2D eigenvalue weighted by molar-refractivity contribution is 0.597. The molecule has 0 radical (unpaired) electrons. The SMILES string of the molecule is O=S(=O)(c1ccc(Br)cc1)c1ccnc2cc(Cl)ccc12. The Morgan fingerprint density at radius 2 is 1.71 bits per heavy atom. The van der Waals surface area contributed by atoms with Crippen LogP contribution in [0.4, 0.5) is 0 Å². The number of hydrogen-bond acceptors (Lipinski definition) is 3. The molecular formula is C15H9BrClNO2S. The van der Waals surface area contributed by atoms with E-state index in [0.29, 0.717) is 15.9 Å². The molecule has 0 fully saturated rings. The molecule has 106 valence electrons. The first-order valence-electron chi connectivity index (χ1n) is 6.03. The molecule has 0 saturated heterocycles. The standard InChI is InChI=1S/C15H9BrClNO2S/c16-10-1-4-12(5-2-10)21(19,20)15-7-8-18-14-9-11(17)3-6-13(14)15/h1-9H. The summed E-state index contributed by atoms with van der Waals surface area (Å²) in [5, 5.41) is 1.08. The summed E-state index contributed by atoms with van der Waals surface area (Å²) in [7, 11) is -3.60. The van der Waals surface area contributed by atoms with Gasteiger partial charge in [0.25, 0.3) is 0 Å². The van der Waals surface area contributed by atoms with Gasteiger partial charge >= 0.3 is 0 Å². The molecule has 0 N–H and O–H groups in total. The van der Waals surface area contributed by atoms with Crippen molar-refractivity contribution < 1.29 is 8.42 Å². The van der Waals surface area contributed by atoms with Crippen molar-refractivity contribution in [2.45, 2.75) is 9.79 Å². The van der Waals surface area contributed by atoms with Gasteiger partial charge in [0.1, 0.15) is 0 Å². The smallest absolute Gasteiger partial charge is 0.207 e. The second-order valence-electron chi connectivity index (χ2n) is 4.43. The van der Waals surface area contributed by atoms with Gasteiger partial charge < -0.3 is 0 Å². The normalized spacial score (nSPS) is 11.7. The van der Waals surface area contributed by atoms with Gasteiger partial charge in [-0.15, -0.1) is 0 Å². The summed E-state index contributed by atoms with van der Waals surface area (Å²) >= 11 is 9.22. The van der Waals surface area contributed by atoms with Crippen LogP contribution in [-0.4, -0.2) is 13.4 Å². The summed E-state index contributed by atoms with van der Waals surface area (Å²) in [5.74, 6) is 0. The number of hydrogen-bond donors (Lipinski definition) is 0. The summed E-state index contributed by atoms with van der Waals surface area (Å²) in [4.78, 5) is 4.64. The van der Waals surface area contributed by atoms with Crippen LogP contribution in [0, 0.1) is 0 Å². The molecular weight excluding hydrogens is 374 g/mol. The lowest BCUT2D eigenvalue weighted by atomic mass is 10.2. The van der Waals surface area contributed by atoms with E-state index in [1.54, 1.807) is 42.5 Å². The molecule has 0 amide bonds. The molecule has 0 aliphatic rings.